The summed E-state index contributed by atoms with van der Waals surface area (Å²) in [6.07, 6.45) is 3.09. The maximum atomic E-state index is 11.6. The van der Waals surface area contributed by atoms with Crippen LogP contribution in [0.15, 0.2) is 28.9 Å². The van der Waals surface area contributed by atoms with Crippen molar-refractivity contribution < 1.29 is 4.79 Å². The summed E-state index contributed by atoms with van der Waals surface area (Å²) in [5, 5.41) is 7.66. The van der Waals surface area contributed by atoms with Gasteiger partial charge in [-0.05, 0) is 24.6 Å². The Morgan fingerprint density at radius 1 is 1.38 bits per heavy atom. The number of hydrogen-bond acceptors (Lipinski definition) is 3. The van der Waals surface area contributed by atoms with Crippen LogP contribution in [0.5, 0.6) is 0 Å². The summed E-state index contributed by atoms with van der Waals surface area (Å²) in [7, 11) is 0. The van der Waals surface area contributed by atoms with Crippen LogP contribution in [0.25, 0.3) is 10.9 Å². The number of anilines is 1. The van der Waals surface area contributed by atoms with E-state index in [0.717, 1.165) is 34.0 Å². The van der Waals surface area contributed by atoms with Gasteiger partial charge in [-0.3, -0.25) is 9.78 Å². The van der Waals surface area contributed by atoms with E-state index < -0.39 is 0 Å². The molecule has 0 atom stereocenters. The van der Waals surface area contributed by atoms with Crippen molar-refractivity contribution >= 4 is 50.0 Å². The van der Waals surface area contributed by atoms with Crippen molar-refractivity contribution in [3.63, 3.8) is 0 Å². The lowest BCUT2D eigenvalue weighted by atomic mass is 10.2. The third-order valence-corrected chi connectivity index (χ3v) is 3.75. The van der Waals surface area contributed by atoms with Gasteiger partial charge in [0.1, 0.15) is 0 Å². The zero-order valence-corrected chi connectivity index (χ0v) is 14.1. The van der Waals surface area contributed by atoms with Gasteiger partial charge in [0.15, 0.2) is 0 Å². The van der Waals surface area contributed by atoms with Crippen molar-refractivity contribution in [2.24, 2.45) is 0 Å². The number of benzene rings is 1. The molecule has 112 valence electrons. The Morgan fingerprint density at radius 2 is 2.19 bits per heavy atom. The Bertz CT molecular complexity index is 648. The second-order valence-corrected chi connectivity index (χ2v) is 5.99. The molecule has 0 spiro atoms. The summed E-state index contributed by atoms with van der Waals surface area (Å²) in [5.74, 6) is 0.0573. The average Bonchev–Trinajstić information content (AvgIpc) is 2.45. The number of carbonyl (C=O) groups excluding carboxylic acids is 1. The Hall–Kier alpha value is -1.33. The molecule has 0 aliphatic rings. The molecule has 21 heavy (non-hydrogen) atoms. The molecule has 1 aromatic carbocycles. The molecule has 2 N–H and O–H groups in total. The molecule has 4 nitrogen and oxygen atoms in total. The van der Waals surface area contributed by atoms with Crippen LogP contribution in [0.4, 0.5) is 5.69 Å². The van der Waals surface area contributed by atoms with E-state index in [2.05, 4.69) is 31.5 Å². The Balaban J connectivity index is 2.07. The summed E-state index contributed by atoms with van der Waals surface area (Å²) in [6, 6.07) is 5.67. The molecule has 0 bridgehead atoms. The highest BCUT2D eigenvalue weighted by molar-refractivity contribution is 9.10. The lowest BCUT2D eigenvalue weighted by Crippen LogP contribution is -2.25. The van der Waals surface area contributed by atoms with Crippen LogP contribution >= 0.6 is 27.5 Å². The van der Waals surface area contributed by atoms with Crippen molar-refractivity contribution in [2.75, 3.05) is 18.4 Å². The fraction of sp³-hybridized carbons (Fsp3) is 0.333. The van der Waals surface area contributed by atoms with Crippen LogP contribution in [0.2, 0.25) is 5.02 Å². The fourth-order valence-corrected chi connectivity index (χ4v) is 2.85. The van der Waals surface area contributed by atoms with Gasteiger partial charge in [0.25, 0.3) is 0 Å². The van der Waals surface area contributed by atoms with Crippen LogP contribution < -0.4 is 10.6 Å². The van der Waals surface area contributed by atoms with E-state index in [4.69, 9.17) is 11.6 Å². The van der Waals surface area contributed by atoms with Crippen LogP contribution in [0.3, 0.4) is 0 Å². The highest BCUT2D eigenvalue weighted by Gasteiger charge is 2.07. The normalized spacial score (nSPS) is 10.6. The van der Waals surface area contributed by atoms with E-state index in [-0.39, 0.29) is 5.91 Å². The van der Waals surface area contributed by atoms with E-state index in [1.54, 1.807) is 6.20 Å². The van der Waals surface area contributed by atoms with Crippen molar-refractivity contribution in [1.82, 2.24) is 10.3 Å². The lowest BCUT2D eigenvalue weighted by Gasteiger charge is -2.10. The van der Waals surface area contributed by atoms with Crippen molar-refractivity contribution in [3.05, 3.63) is 33.9 Å². The number of halogens is 2. The second-order valence-electron chi connectivity index (χ2n) is 4.67. The van der Waals surface area contributed by atoms with Gasteiger partial charge in [-0.1, -0.05) is 34.5 Å². The molecule has 1 heterocycles. The molecule has 0 radical (unpaired) electrons. The van der Waals surface area contributed by atoms with Crippen LogP contribution in [0.1, 0.15) is 19.8 Å². The molecular weight excluding hydrogens is 354 g/mol. The number of nitrogens with one attached hydrogen (secondary N) is 2. The molecular formula is C15H17BrClN3O. The number of carbonyl (C=O) groups is 1. The first-order valence-electron chi connectivity index (χ1n) is 6.86. The van der Waals surface area contributed by atoms with E-state index >= 15 is 0 Å². The van der Waals surface area contributed by atoms with Gasteiger partial charge < -0.3 is 10.6 Å². The Morgan fingerprint density at radius 3 is 2.95 bits per heavy atom. The van der Waals surface area contributed by atoms with Crippen LogP contribution in [-0.4, -0.2) is 24.0 Å². The van der Waals surface area contributed by atoms with Crippen molar-refractivity contribution in [2.45, 2.75) is 19.8 Å². The number of amides is 1. The number of aromatic nitrogens is 1. The average molecular weight is 371 g/mol. The maximum Gasteiger partial charge on any atom is 0.221 e. The summed E-state index contributed by atoms with van der Waals surface area (Å²) < 4.78 is 0.900. The zero-order chi connectivity index (χ0) is 15.2. The first kappa shape index (κ1) is 16.0. The highest BCUT2D eigenvalue weighted by Crippen LogP contribution is 2.30. The second kappa shape index (κ2) is 7.61. The predicted molar refractivity (Wildman–Crippen MR) is 90.9 cm³/mol. The van der Waals surface area contributed by atoms with Crippen LogP contribution in [-0.2, 0) is 4.79 Å². The molecule has 0 aliphatic heterocycles. The number of fused-ring (bicyclic) bond motifs is 1. The molecule has 6 heteroatoms. The summed E-state index contributed by atoms with van der Waals surface area (Å²) in [5.41, 5.74) is 1.67. The third kappa shape index (κ3) is 4.32. The van der Waals surface area contributed by atoms with Gasteiger partial charge in [-0.15, -0.1) is 0 Å². The largest absolute Gasteiger partial charge is 0.384 e. The molecule has 0 saturated heterocycles. The van der Waals surface area contributed by atoms with E-state index in [1.165, 1.54) is 0 Å². The smallest absolute Gasteiger partial charge is 0.221 e. The third-order valence-electron chi connectivity index (χ3n) is 3.00. The minimum atomic E-state index is 0.0573. The molecule has 0 fully saturated rings. The number of rotatable bonds is 6. The fourth-order valence-electron chi connectivity index (χ4n) is 2.00. The molecule has 0 aliphatic carbocycles. The summed E-state index contributed by atoms with van der Waals surface area (Å²) in [6.45, 7) is 3.32. The van der Waals surface area contributed by atoms with Gasteiger partial charge in [-0.25, -0.2) is 0 Å². The molecule has 0 unspecified atom stereocenters. The molecule has 1 amide bonds. The standard InChI is InChI=1S/C15H17BrClN3O/c1-2-5-19-14(21)4-7-18-13-3-6-20-15-11(13)8-10(16)9-12(15)17/h3,6,8-9H,2,4-5,7H2,1H3,(H,18,20)(H,19,21). The minimum Gasteiger partial charge on any atom is -0.384 e. The quantitative estimate of drug-likeness (QED) is 0.808. The monoisotopic (exact) mass is 369 g/mol. The minimum absolute atomic E-state index is 0.0573. The SMILES string of the molecule is CCCNC(=O)CCNc1ccnc2c(Cl)cc(Br)cc12. The van der Waals surface area contributed by atoms with Crippen LogP contribution in [0, 0.1) is 0 Å². The first-order chi connectivity index (χ1) is 10.1. The van der Waals surface area contributed by atoms with E-state index in [0.29, 0.717) is 18.0 Å². The first-order valence-corrected chi connectivity index (χ1v) is 8.03. The Kier molecular flexibility index (Phi) is 5.82. The molecule has 0 saturated carbocycles. The van der Waals surface area contributed by atoms with E-state index in [1.807, 2.05) is 25.1 Å². The number of hydrogen-bond donors (Lipinski definition) is 2. The van der Waals surface area contributed by atoms with Crippen molar-refractivity contribution in [3.8, 4) is 0 Å². The highest BCUT2D eigenvalue weighted by atomic mass is 79.9. The Labute approximate surface area is 137 Å². The topological polar surface area (TPSA) is 54.0 Å². The van der Waals surface area contributed by atoms with Crippen molar-refractivity contribution in [1.29, 1.82) is 0 Å². The van der Waals surface area contributed by atoms with Gasteiger partial charge in [0.2, 0.25) is 5.91 Å². The van der Waals surface area contributed by atoms with Gasteiger partial charge in [0, 0.05) is 41.3 Å². The predicted octanol–water partition coefficient (Wildman–Crippen LogP) is 3.98. The molecule has 2 aromatic rings. The summed E-state index contributed by atoms with van der Waals surface area (Å²) >= 11 is 9.62. The maximum absolute atomic E-state index is 11.6. The zero-order valence-electron chi connectivity index (χ0n) is 11.7. The van der Waals surface area contributed by atoms with Gasteiger partial charge >= 0.3 is 0 Å². The number of pyridine rings is 1. The van der Waals surface area contributed by atoms with Gasteiger partial charge in [0.05, 0.1) is 10.5 Å². The molecule has 1 aromatic heterocycles. The molecule has 2 rings (SSSR count). The lowest BCUT2D eigenvalue weighted by molar-refractivity contribution is -0.120. The summed E-state index contributed by atoms with van der Waals surface area (Å²) in [4.78, 5) is 15.9. The van der Waals surface area contributed by atoms with Gasteiger partial charge in [-0.2, -0.15) is 0 Å². The number of nitrogens with zero attached hydrogens (tertiary/aromatic N) is 1. The van der Waals surface area contributed by atoms with E-state index in [9.17, 15) is 4.79 Å².